The van der Waals surface area contributed by atoms with Crippen molar-refractivity contribution in [2.24, 2.45) is 0 Å². The van der Waals surface area contributed by atoms with Crippen LogP contribution in [0.5, 0.6) is 0 Å². The molecule has 0 radical (unpaired) electrons. The summed E-state index contributed by atoms with van der Waals surface area (Å²) >= 11 is 0. The van der Waals surface area contributed by atoms with Crippen molar-refractivity contribution >= 4 is 5.82 Å². The van der Waals surface area contributed by atoms with Crippen LogP contribution in [0.3, 0.4) is 0 Å². The van der Waals surface area contributed by atoms with Crippen LogP contribution in [-0.2, 0) is 4.74 Å². The summed E-state index contributed by atoms with van der Waals surface area (Å²) in [7, 11) is 2.02. The van der Waals surface area contributed by atoms with E-state index in [0.29, 0.717) is 6.04 Å². The molecule has 1 unspecified atom stereocenters. The third-order valence-electron chi connectivity index (χ3n) is 3.07. The SMILES string of the molecule is C[C@@H](O)c1ccnc(N(C)C2CCOC2)c1. The Bertz CT molecular complexity index is 349. The number of aromatic nitrogens is 1. The molecule has 2 rings (SSSR count). The van der Waals surface area contributed by atoms with Gasteiger partial charge in [0.1, 0.15) is 5.82 Å². The number of aliphatic hydroxyl groups excluding tert-OH is 1. The van der Waals surface area contributed by atoms with Gasteiger partial charge in [-0.2, -0.15) is 0 Å². The van der Waals surface area contributed by atoms with Crippen LogP contribution in [0.2, 0.25) is 0 Å². The van der Waals surface area contributed by atoms with Crippen LogP contribution in [0.15, 0.2) is 18.3 Å². The summed E-state index contributed by atoms with van der Waals surface area (Å²) < 4.78 is 5.36. The number of anilines is 1. The number of ether oxygens (including phenoxy) is 1. The lowest BCUT2D eigenvalue weighted by Crippen LogP contribution is -2.32. The molecule has 1 aromatic rings. The molecule has 0 saturated carbocycles. The third-order valence-corrected chi connectivity index (χ3v) is 3.07. The maximum Gasteiger partial charge on any atom is 0.128 e. The monoisotopic (exact) mass is 222 g/mol. The number of rotatable bonds is 3. The standard InChI is InChI=1S/C12H18N2O2/c1-9(15)10-3-5-13-12(7-10)14(2)11-4-6-16-8-11/h3,5,7,9,11,15H,4,6,8H2,1-2H3/t9-,11?/m1/s1. The molecule has 2 heterocycles. The quantitative estimate of drug-likeness (QED) is 0.838. The highest BCUT2D eigenvalue weighted by Crippen LogP contribution is 2.21. The normalized spacial score (nSPS) is 22.1. The summed E-state index contributed by atoms with van der Waals surface area (Å²) in [5.41, 5.74) is 0.899. The first-order valence-electron chi connectivity index (χ1n) is 5.63. The number of nitrogens with zero attached hydrogens (tertiary/aromatic N) is 2. The second-order valence-electron chi connectivity index (χ2n) is 4.25. The van der Waals surface area contributed by atoms with Gasteiger partial charge in [0, 0.05) is 19.9 Å². The van der Waals surface area contributed by atoms with Gasteiger partial charge >= 0.3 is 0 Å². The molecule has 0 amide bonds. The lowest BCUT2D eigenvalue weighted by Gasteiger charge is -2.24. The maximum absolute atomic E-state index is 9.52. The molecule has 1 aliphatic heterocycles. The topological polar surface area (TPSA) is 45.6 Å². The highest BCUT2D eigenvalue weighted by molar-refractivity contribution is 5.42. The Balaban J connectivity index is 2.15. The molecule has 1 aliphatic rings. The first-order valence-corrected chi connectivity index (χ1v) is 5.63. The van der Waals surface area contributed by atoms with Gasteiger partial charge < -0.3 is 14.7 Å². The number of pyridine rings is 1. The van der Waals surface area contributed by atoms with Crippen LogP contribution >= 0.6 is 0 Å². The van der Waals surface area contributed by atoms with Gasteiger partial charge in [0.05, 0.1) is 18.8 Å². The van der Waals surface area contributed by atoms with Gasteiger partial charge in [-0.25, -0.2) is 4.98 Å². The van der Waals surface area contributed by atoms with E-state index in [2.05, 4.69) is 9.88 Å². The van der Waals surface area contributed by atoms with E-state index < -0.39 is 6.10 Å². The van der Waals surface area contributed by atoms with Crippen molar-refractivity contribution in [3.8, 4) is 0 Å². The fourth-order valence-corrected chi connectivity index (χ4v) is 1.90. The molecule has 2 atom stereocenters. The predicted octanol–water partition coefficient (Wildman–Crippen LogP) is 1.36. The van der Waals surface area contributed by atoms with Gasteiger partial charge in [0.25, 0.3) is 0 Å². The van der Waals surface area contributed by atoms with Crippen molar-refractivity contribution in [1.82, 2.24) is 4.98 Å². The van der Waals surface area contributed by atoms with E-state index in [1.165, 1.54) is 0 Å². The molecule has 4 nitrogen and oxygen atoms in total. The van der Waals surface area contributed by atoms with E-state index in [-0.39, 0.29) is 0 Å². The highest BCUT2D eigenvalue weighted by atomic mass is 16.5. The molecule has 0 aliphatic carbocycles. The van der Waals surface area contributed by atoms with E-state index in [1.807, 2.05) is 19.2 Å². The fourth-order valence-electron chi connectivity index (χ4n) is 1.90. The molecule has 0 bridgehead atoms. The lowest BCUT2D eigenvalue weighted by molar-refractivity contribution is 0.193. The van der Waals surface area contributed by atoms with Crippen molar-refractivity contribution < 1.29 is 9.84 Å². The number of aliphatic hydroxyl groups is 1. The number of likely N-dealkylation sites (N-methyl/N-ethyl adjacent to an activating group) is 1. The highest BCUT2D eigenvalue weighted by Gasteiger charge is 2.21. The Kier molecular flexibility index (Phi) is 3.41. The van der Waals surface area contributed by atoms with Crippen LogP contribution in [0, 0.1) is 0 Å². The van der Waals surface area contributed by atoms with Gasteiger partial charge in [-0.3, -0.25) is 0 Å². The number of hydrogen-bond donors (Lipinski definition) is 1. The Hall–Kier alpha value is -1.13. The minimum atomic E-state index is -0.449. The first-order chi connectivity index (χ1) is 7.68. The minimum absolute atomic E-state index is 0.400. The molecule has 16 heavy (non-hydrogen) atoms. The molecule has 1 saturated heterocycles. The zero-order valence-corrected chi connectivity index (χ0v) is 9.76. The Morgan fingerprint density at radius 2 is 2.44 bits per heavy atom. The van der Waals surface area contributed by atoms with Gasteiger partial charge in [-0.05, 0) is 31.0 Å². The minimum Gasteiger partial charge on any atom is -0.389 e. The van der Waals surface area contributed by atoms with E-state index >= 15 is 0 Å². The summed E-state index contributed by atoms with van der Waals surface area (Å²) in [5.74, 6) is 0.897. The number of hydrogen-bond acceptors (Lipinski definition) is 4. The lowest BCUT2D eigenvalue weighted by atomic mass is 10.1. The molecule has 0 aromatic carbocycles. The predicted molar refractivity (Wildman–Crippen MR) is 62.5 cm³/mol. The summed E-state index contributed by atoms with van der Waals surface area (Å²) in [6.07, 6.45) is 2.33. The van der Waals surface area contributed by atoms with Gasteiger partial charge in [0.15, 0.2) is 0 Å². The summed E-state index contributed by atoms with van der Waals surface area (Å²) in [4.78, 5) is 6.45. The average molecular weight is 222 g/mol. The Labute approximate surface area is 95.9 Å². The molecule has 4 heteroatoms. The van der Waals surface area contributed by atoms with Crippen molar-refractivity contribution in [2.75, 3.05) is 25.2 Å². The van der Waals surface area contributed by atoms with Gasteiger partial charge in [0.2, 0.25) is 0 Å². The van der Waals surface area contributed by atoms with Crippen molar-refractivity contribution in [2.45, 2.75) is 25.5 Å². The van der Waals surface area contributed by atoms with E-state index in [1.54, 1.807) is 13.1 Å². The molecular formula is C12H18N2O2. The van der Waals surface area contributed by atoms with Crippen LogP contribution in [0.25, 0.3) is 0 Å². The van der Waals surface area contributed by atoms with Gasteiger partial charge in [-0.15, -0.1) is 0 Å². The molecule has 88 valence electrons. The molecule has 1 fully saturated rings. The van der Waals surface area contributed by atoms with Crippen LogP contribution < -0.4 is 4.90 Å². The summed E-state index contributed by atoms with van der Waals surface area (Å²) in [6, 6.07) is 4.17. The maximum atomic E-state index is 9.52. The Morgan fingerprint density at radius 1 is 1.62 bits per heavy atom. The molecular weight excluding hydrogens is 204 g/mol. The van der Waals surface area contributed by atoms with Crippen molar-refractivity contribution in [3.05, 3.63) is 23.9 Å². The van der Waals surface area contributed by atoms with E-state index in [4.69, 9.17) is 4.74 Å². The van der Waals surface area contributed by atoms with E-state index in [0.717, 1.165) is 31.0 Å². The zero-order valence-electron chi connectivity index (χ0n) is 9.76. The van der Waals surface area contributed by atoms with E-state index in [9.17, 15) is 5.11 Å². The van der Waals surface area contributed by atoms with Crippen LogP contribution in [0.1, 0.15) is 25.0 Å². The smallest absolute Gasteiger partial charge is 0.128 e. The largest absolute Gasteiger partial charge is 0.389 e. The van der Waals surface area contributed by atoms with Crippen molar-refractivity contribution in [1.29, 1.82) is 0 Å². The Morgan fingerprint density at radius 3 is 3.06 bits per heavy atom. The second-order valence-corrected chi connectivity index (χ2v) is 4.25. The molecule has 1 aromatic heterocycles. The second kappa shape index (κ2) is 4.80. The van der Waals surface area contributed by atoms with Gasteiger partial charge in [-0.1, -0.05) is 0 Å². The average Bonchev–Trinajstić information content (AvgIpc) is 2.81. The summed E-state index contributed by atoms with van der Waals surface area (Å²) in [5, 5.41) is 9.52. The molecule has 0 spiro atoms. The zero-order chi connectivity index (χ0) is 11.5. The van der Waals surface area contributed by atoms with Crippen molar-refractivity contribution in [3.63, 3.8) is 0 Å². The fraction of sp³-hybridized carbons (Fsp3) is 0.583. The first kappa shape index (κ1) is 11.4. The van der Waals surface area contributed by atoms with Crippen LogP contribution in [0.4, 0.5) is 5.82 Å². The van der Waals surface area contributed by atoms with Crippen LogP contribution in [-0.4, -0.2) is 36.4 Å². The summed E-state index contributed by atoms with van der Waals surface area (Å²) in [6.45, 7) is 3.35. The molecule has 1 N–H and O–H groups in total. The third kappa shape index (κ3) is 2.33.